The normalized spacial score (nSPS) is 14.4. The van der Waals surface area contributed by atoms with Gasteiger partial charge in [-0.25, -0.2) is 0 Å². The Balaban J connectivity index is 3.89. The molecule has 0 saturated heterocycles. The van der Waals surface area contributed by atoms with Gasteiger partial charge < -0.3 is 14.9 Å². The van der Waals surface area contributed by atoms with Crippen LogP contribution in [0.15, 0.2) is 60.8 Å². The number of allylic oxidation sites excluding steroid dienone is 6. The van der Waals surface area contributed by atoms with Crippen LogP contribution in [0.1, 0.15) is 39.0 Å². The van der Waals surface area contributed by atoms with E-state index in [4.69, 9.17) is 0 Å². The van der Waals surface area contributed by atoms with Crippen molar-refractivity contribution >= 4 is 6.47 Å². The molecule has 0 aliphatic rings. The average Bonchev–Trinajstić information content (AvgIpc) is 2.63. The maximum Gasteiger partial charge on any atom is 0.293 e. The fraction of sp³-hybridized carbons (Fsp3) is 0.409. The van der Waals surface area contributed by atoms with E-state index in [1.807, 2.05) is 36.5 Å². The SMILES string of the molecule is CC/C=C\C[C@@H](O)/C=C/C=C\C#C[C@@H](O)C/C=C\C/C=C\CCOC=O. The summed E-state index contributed by atoms with van der Waals surface area (Å²) in [5.74, 6) is 5.50. The maximum absolute atomic E-state index is 9.93. The zero-order chi connectivity index (χ0) is 19.3. The molecule has 4 heteroatoms. The van der Waals surface area contributed by atoms with Crippen molar-refractivity contribution in [2.24, 2.45) is 0 Å². The molecule has 0 fully saturated rings. The first kappa shape index (κ1) is 23.6. The van der Waals surface area contributed by atoms with Gasteiger partial charge in [-0.2, -0.15) is 0 Å². The Morgan fingerprint density at radius 3 is 2.54 bits per heavy atom. The second-order valence-corrected chi connectivity index (χ2v) is 5.40. The predicted molar refractivity (Wildman–Crippen MR) is 106 cm³/mol. The number of carbonyl (C=O) groups is 1. The first-order valence-corrected chi connectivity index (χ1v) is 8.91. The lowest BCUT2D eigenvalue weighted by molar-refractivity contribution is -0.128. The summed E-state index contributed by atoms with van der Waals surface area (Å²) in [7, 11) is 0. The van der Waals surface area contributed by atoms with Crippen molar-refractivity contribution in [3.63, 3.8) is 0 Å². The van der Waals surface area contributed by atoms with E-state index < -0.39 is 12.2 Å². The summed E-state index contributed by atoms with van der Waals surface area (Å²) in [6.45, 7) is 2.89. The van der Waals surface area contributed by atoms with E-state index in [9.17, 15) is 15.0 Å². The molecule has 4 nitrogen and oxygen atoms in total. The van der Waals surface area contributed by atoms with E-state index in [0.717, 1.165) is 12.8 Å². The standard InChI is InChI=1S/C22H30O4/c1-2-3-10-15-21(24)17-12-7-8-13-18-22(25)16-11-6-4-5-9-14-19-26-20-23/h3,5-12,17,20-22,24-25H,2,4,14-16,19H2,1H3/b8-7-,9-5-,10-3-,11-6-,17-12+/t21-,22+/m1/s1. The molecule has 0 bridgehead atoms. The van der Waals surface area contributed by atoms with Gasteiger partial charge >= 0.3 is 0 Å². The lowest BCUT2D eigenvalue weighted by Gasteiger charge is -1.98. The van der Waals surface area contributed by atoms with Crippen molar-refractivity contribution in [2.45, 2.75) is 51.2 Å². The molecule has 0 aliphatic carbocycles. The molecule has 2 N–H and O–H groups in total. The van der Waals surface area contributed by atoms with Crippen LogP contribution in [0.2, 0.25) is 0 Å². The van der Waals surface area contributed by atoms with Gasteiger partial charge in [-0.3, -0.25) is 4.79 Å². The smallest absolute Gasteiger partial charge is 0.293 e. The summed E-state index contributed by atoms with van der Waals surface area (Å²) < 4.78 is 4.56. The largest absolute Gasteiger partial charge is 0.468 e. The topological polar surface area (TPSA) is 66.8 Å². The van der Waals surface area contributed by atoms with Gasteiger partial charge in [-0.1, -0.05) is 73.4 Å². The Bertz CT molecular complexity index is 544. The van der Waals surface area contributed by atoms with E-state index in [1.54, 1.807) is 24.3 Å². The zero-order valence-electron chi connectivity index (χ0n) is 15.5. The number of carbonyl (C=O) groups excluding carboxylic acids is 1. The van der Waals surface area contributed by atoms with Gasteiger partial charge in [0.05, 0.1) is 12.7 Å². The number of hydrogen-bond donors (Lipinski definition) is 2. The first-order chi connectivity index (χ1) is 12.7. The van der Waals surface area contributed by atoms with Gasteiger partial charge in [0.25, 0.3) is 6.47 Å². The van der Waals surface area contributed by atoms with Gasteiger partial charge in [0.1, 0.15) is 6.10 Å². The number of hydrogen-bond acceptors (Lipinski definition) is 4. The van der Waals surface area contributed by atoms with Crippen LogP contribution in [0.4, 0.5) is 0 Å². The molecule has 0 saturated carbocycles. The van der Waals surface area contributed by atoms with Crippen LogP contribution >= 0.6 is 0 Å². The molecule has 0 heterocycles. The van der Waals surface area contributed by atoms with Crippen LogP contribution in [-0.4, -0.2) is 35.5 Å². The van der Waals surface area contributed by atoms with Crippen molar-refractivity contribution in [1.29, 1.82) is 0 Å². The highest BCUT2D eigenvalue weighted by Gasteiger charge is 1.93. The summed E-state index contributed by atoms with van der Waals surface area (Å²) >= 11 is 0. The third-order valence-corrected chi connectivity index (χ3v) is 3.09. The van der Waals surface area contributed by atoms with Gasteiger partial charge in [0, 0.05) is 6.42 Å². The maximum atomic E-state index is 9.93. The van der Waals surface area contributed by atoms with E-state index in [1.165, 1.54) is 0 Å². The molecule has 0 spiro atoms. The van der Waals surface area contributed by atoms with Gasteiger partial charge in [0.15, 0.2) is 0 Å². The minimum atomic E-state index is -0.699. The predicted octanol–water partition coefficient (Wildman–Crippen LogP) is 3.64. The Kier molecular flexibility index (Phi) is 17.3. The molecule has 0 radical (unpaired) electrons. The molecule has 0 aromatic heterocycles. The van der Waals surface area contributed by atoms with E-state index in [2.05, 4.69) is 23.5 Å². The number of ether oxygens (including phenoxy) is 1. The second kappa shape index (κ2) is 19.0. The average molecular weight is 358 g/mol. The summed E-state index contributed by atoms with van der Waals surface area (Å²) in [6, 6.07) is 0. The molecule has 0 unspecified atom stereocenters. The highest BCUT2D eigenvalue weighted by molar-refractivity contribution is 5.36. The molecule has 0 amide bonds. The van der Waals surface area contributed by atoms with Crippen molar-refractivity contribution in [1.82, 2.24) is 0 Å². The van der Waals surface area contributed by atoms with Gasteiger partial charge in [-0.15, -0.1) is 0 Å². The number of aliphatic hydroxyl groups excluding tert-OH is 2. The van der Waals surface area contributed by atoms with Crippen molar-refractivity contribution < 1.29 is 19.7 Å². The highest BCUT2D eigenvalue weighted by Crippen LogP contribution is 1.97. The highest BCUT2D eigenvalue weighted by atomic mass is 16.5. The van der Waals surface area contributed by atoms with E-state index >= 15 is 0 Å². The summed E-state index contributed by atoms with van der Waals surface area (Å²) in [5.41, 5.74) is 0. The van der Waals surface area contributed by atoms with E-state index in [-0.39, 0.29) is 0 Å². The Labute approximate surface area is 157 Å². The molecule has 0 aromatic rings. The van der Waals surface area contributed by atoms with Gasteiger partial charge in [-0.05, 0) is 31.8 Å². The van der Waals surface area contributed by atoms with Crippen molar-refractivity contribution in [3.05, 3.63) is 60.8 Å². The summed E-state index contributed by atoms with van der Waals surface area (Å²) in [6.07, 6.45) is 20.9. The first-order valence-electron chi connectivity index (χ1n) is 8.91. The third-order valence-electron chi connectivity index (χ3n) is 3.09. The molecule has 0 rings (SSSR count). The van der Waals surface area contributed by atoms with Crippen molar-refractivity contribution in [3.8, 4) is 11.8 Å². The third kappa shape index (κ3) is 18.0. The molecular weight excluding hydrogens is 328 g/mol. The lowest BCUT2D eigenvalue weighted by atomic mass is 10.2. The molecule has 142 valence electrons. The zero-order valence-corrected chi connectivity index (χ0v) is 15.5. The van der Waals surface area contributed by atoms with Crippen LogP contribution in [0.3, 0.4) is 0 Å². The van der Waals surface area contributed by atoms with Crippen molar-refractivity contribution in [2.75, 3.05) is 6.61 Å². The van der Waals surface area contributed by atoms with Crippen LogP contribution in [-0.2, 0) is 9.53 Å². The molecule has 2 atom stereocenters. The Morgan fingerprint density at radius 1 is 1.00 bits per heavy atom. The number of aliphatic hydroxyl groups is 2. The summed E-state index contributed by atoms with van der Waals surface area (Å²) in [4.78, 5) is 9.93. The molecule has 0 aliphatic heterocycles. The Hall–Kier alpha value is -2.35. The van der Waals surface area contributed by atoms with E-state index in [0.29, 0.717) is 32.3 Å². The second-order valence-electron chi connectivity index (χ2n) is 5.40. The van der Waals surface area contributed by atoms with Gasteiger partial charge in [0.2, 0.25) is 0 Å². The minimum absolute atomic E-state index is 0.398. The van der Waals surface area contributed by atoms with Crippen LogP contribution < -0.4 is 0 Å². The quantitative estimate of drug-likeness (QED) is 0.173. The lowest BCUT2D eigenvalue weighted by Crippen LogP contribution is -1.99. The Morgan fingerprint density at radius 2 is 1.77 bits per heavy atom. The molecule has 0 aromatic carbocycles. The fourth-order valence-corrected chi connectivity index (χ4v) is 1.78. The fourth-order valence-electron chi connectivity index (χ4n) is 1.78. The number of rotatable bonds is 13. The monoisotopic (exact) mass is 358 g/mol. The van der Waals surface area contributed by atoms with Crippen LogP contribution in [0.5, 0.6) is 0 Å². The molecular formula is C22H30O4. The summed E-state index contributed by atoms with van der Waals surface area (Å²) in [5, 5.41) is 19.4. The molecule has 26 heavy (non-hydrogen) atoms. The minimum Gasteiger partial charge on any atom is -0.468 e. The van der Waals surface area contributed by atoms with Crippen LogP contribution in [0.25, 0.3) is 0 Å². The van der Waals surface area contributed by atoms with Crippen LogP contribution in [0, 0.1) is 11.8 Å².